The Morgan fingerprint density at radius 2 is 1.82 bits per heavy atom. The highest BCUT2D eigenvalue weighted by Gasteiger charge is 2.40. The van der Waals surface area contributed by atoms with Gasteiger partial charge in [-0.15, -0.1) is 10.2 Å². The Labute approximate surface area is 162 Å². The van der Waals surface area contributed by atoms with E-state index in [1.165, 1.54) is 5.56 Å². The molecule has 0 amide bonds. The van der Waals surface area contributed by atoms with E-state index in [2.05, 4.69) is 32.3 Å². The van der Waals surface area contributed by atoms with Gasteiger partial charge in [0, 0.05) is 18.4 Å². The van der Waals surface area contributed by atoms with Gasteiger partial charge in [-0.1, -0.05) is 51.1 Å². The van der Waals surface area contributed by atoms with E-state index in [-0.39, 0.29) is 24.9 Å². The molecule has 1 saturated heterocycles. The van der Waals surface area contributed by atoms with Crippen LogP contribution in [0, 0.1) is 0 Å². The number of nitrogens with zero attached hydrogens (tertiary/aromatic N) is 6. The second kappa shape index (κ2) is 6.76. The van der Waals surface area contributed by atoms with Crippen LogP contribution in [0.3, 0.4) is 0 Å². The fourth-order valence-corrected chi connectivity index (χ4v) is 3.28. The highest BCUT2D eigenvalue weighted by Crippen LogP contribution is 2.33. The maximum Gasteiger partial charge on any atom is 0.266 e. The largest absolute Gasteiger partial charge is 0.348 e. The van der Waals surface area contributed by atoms with E-state index in [4.69, 9.17) is 0 Å². The van der Waals surface area contributed by atoms with Crippen LogP contribution in [0.25, 0.3) is 11.2 Å². The number of aryl methyl sites for hydroxylation is 2. The summed E-state index contributed by atoms with van der Waals surface area (Å²) < 4.78 is 27.6. The zero-order valence-corrected chi connectivity index (χ0v) is 16.4. The van der Waals surface area contributed by atoms with E-state index >= 15 is 0 Å². The third-order valence-electron chi connectivity index (χ3n) is 4.86. The minimum Gasteiger partial charge on any atom is -0.348 e. The van der Waals surface area contributed by atoms with Crippen LogP contribution < -0.4 is 4.90 Å². The third-order valence-corrected chi connectivity index (χ3v) is 4.86. The maximum absolute atomic E-state index is 13.8. The molecular weight excluding hydrogens is 362 g/mol. The van der Waals surface area contributed by atoms with Crippen molar-refractivity contribution in [2.45, 2.75) is 51.5 Å². The summed E-state index contributed by atoms with van der Waals surface area (Å²) in [6.45, 7) is 6.48. The van der Waals surface area contributed by atoms with E-state index in [1.807, 2.05) is 39.0 Å². The number of fused-ring (bicyclic) bond motifs is 1. The number of hydrogen-bond acceptors (Lipinski definition) is 5. The van der Waals surface area contributed by atoms with Gasteiger partial charge in [-0.25, -0.2) is 18.7 Å². The molecule has 0 unspecified atom stereocenters. The van der Waals surface area contributed by atoms with Crippen LogP contribution in [-0.4, -0.2) is 44.0 Å². The smallest absolute Gasteiger partial charge is 0.266 e. The topological polar surface area (TPSA) is 59.7 Å². The Hall–Kier alpha value is -2.64. The second-order valence-corrected chi connectivity index (χ2v) is 8.35. The molecule has 8 heteroatoms. The fraction of sp³-hybridized carbons (Fsp3) is 0.500. The lowest BCUT2D eigenvalue weighted by molar-refractivity contribution is 0.0257. The first-order chi connectivity index (χ1) is 13.2. The van der Waals surface area contributed by atoms with Crippen LogP contribution in [-0.2, 0) is 18.4 Å². The van der Waals surface area contributed by atoms with E-state index in [0.717, 1.165) is 6.42 Å². The first-order valence-corrected chi connectivity index (χ1v) is 9.51. The summed E-state index contributed by atoms with van der Waals surface area (Å²) in [5, 5.41) is 9.05. The minimum atomic E-state index is -2.71. The molecule has 6 nitrogen and oxygen atoms in total. The standard InChI is InChI=1S/C20H24F2N6/c1-19(2,3)18-23-16-15(17(24-18)27-12-10-20(21,22)13-27)25-28(26-16)11-9-14-7-5-4-6-8-14/h4-8H,9-13H2,1-3H3. The van der Waals surface area contributed by atoms with Crippen molar-refractivity contribution < 1.29 is 8.78 Å². The molecule has 0 saturated carbocycles. The first kappa shape index (κ1) is 18.7. The molecule has 1 aliphatic rings. The molecular formula is C20H24F2N6. The molecule has 148 valence electrons. The molecule has 3 heterocycles. The number of anilines is 1. The number of halogens is 2. The summed E-state index contributed by atoms with van der Waals surface area (Å²) in [4.78, 5) is 12.4. The van der Waals surface area contributed by atoms with Gasteiger partial charge in [0.15, 0.2) is 11.3 Å². The number of hydrogen-bond donors (Lipinski definition) is 0. The molecule has 1 aromatic carbocycles. The van der Waals surface area contributed by atoms with Crippen molar-refractivity contribution in [2.75, 3.05) is 18.0 Å². The van der Waals surface area contributed by atoms with Crippen LogP contribution in [0.1, 0.15) is 38.6 Å². The number of rotatable bonds is 4. The number of aromatic nitrogens is 5. The summed E-state index contributed by atoms with van der Waals surface area (Å²) in [5.74, 6) is -1.67. The van der Waals surface area contributed by atoms with Crippen molar-refractivity contribution >= 4 is 17.0 Å². The molecule has 0 radical (unpaired) electrons. The van der Waals surface area contributed by atoms with Gasteiger partial charge in [-0.2, -0.15) is 4.80 Å². The lowest BCUT2D eigenvalue weighted by Gasteiger charge is -2.21. The number of alkyl halides is 2. The molecule has 0 bridgehead atoms. The first-order valence-electron chi connectivity index (χ1n) is 9.51. The van der Waals surface area contributed by atoms with Gasteiger partial charge in [0.2, 0.25) is 5.65 Å². The van der Waals surface area contributed by atoms with Gasteiger partial charge in [0.05, 0.1) is 13.1 Å². The zero-order chi connectivity index (χ0) is 19.9. The molecule has 1 fully saturated rings. The Morgan fingerprint density at radius 3 is 2.46 bits per heavy atom. The highest BCUT2D eigenvalue weighted by atomic mass is 19.3. The van der Waals surface area contributed by atoms with Crippen molar-refractivity contribution in [2.24, 2.45) is 0 Å². The summed E-state index contributed by atoms with van der Waals surface area (Å²) >= 11 is 0. The molecule has 2 aromatic heterocycles. The summed E-state index contributed by atoms with van der Waals surface area (Å²) in [5.41, 5.74) is 1.81. The van der Waals surface area contributed by atoms with E-state index in [9.17, 15) is 8.78 Å². The lowest BCUT2D eigenvalue weighted by atomic mass is 9.96. The van der Waals surface area contributed by atoms with Crippen molar-refractivity contribution in [3.8, 4) is 0 Å². The van der Waals surface area contributed by atoms with Crippen molar-refractivity contribution in [3.05, 3.63) is 41.7 Å². The second-order valence-electron chi connectivity index (χ2n) is 8.35. The highest BCUT2D eigenvalue weighted by molar-refractivity contribution is 5.82. The Bertz CT molecular complexity index is 978. The average Bonchev–Trinajstić information content (AvgIpc) is 3.21. The molecule has 4 rings (SSSR count). The van der Waals surface area contributed by atoms with Crippen LogP contribution in [0.4, 0.5) is 14.6 Å². The van der Waals surface area contributed by atoms with Crippen LogP contribution >= 0.6 is 0 Å². The van der Waals surface area contributed by atoms with Crippen LogP contribution in [0.5, 0.6) is 0 Å². The Kier molecular flexibility index (Phi) is 4.51. The fourth-order valence-electron chi connectivity index (χ4n) is 3.28. The van der Waals surface area contributed by atoms with Crippen molar-refractivity contribution in [1.29, 1.82) is 0 Å². The molecule has 0 spiro atoms. The van der Waals surface area contributed by atoms with Gasteiger partial charge in [0.25, 0.3) is 5.92 Å². The third kappa shape index (κ3) is 3.81. The molecule has 0 aliphatic carbocycles. The zero-order valence-electron chi connectivity index (χ0n) is 16.4. The van der Waals surface area contributed by atoms with Crippen molar-refractivity contribution in [1.82, 2.24) is 25.0 Å². The average molecular weight is 386 g/mol. The van der Waals surface area contributed by atoms with E-state index in [1.54, 1.807) is 9.70 Å². The number of benzene rings is 1. The quantitative estimate of drug-likeness (QED) is 0.686. The van der Waals surface area contributed by atoms with Crippen molar-refractivity contribution in [3.63, 3.8) is 0 Å². The Balaban J connectivity index is 1.70. The van der Waals surface area contributed by atoms with Gasteiger partial charge in [-0.3, -0.25) is 0 Å². The molecule has 0 atom stereocenters. The Morgan fingerprint density at radius 1 is 1.07 bits per heavy atom. The minimum absolute atomic E-state index is 0.175. The van der Waals surface area contributed by atoms with Gasteiger partial charge in [0.1, 0.15) is 5.82 Å². The summed E-state index contributed by atoms with van der Waals surface area (Å²) in [7, 11) is 0. The molecule has 3 aromatic rings. The SMILES string of the molecule is CC(C)(C)c1nc(N2CCC(F)(F)C2)c2nn(CCc3ccccc3)nc2n1. The van der Waals surface area contributed by atoms with Gasteiger partial charge in [-0.05, 0) is 12.0 Å². The van der Waals surface area contributed by atoms with Crippen LogP contribution in [0.2, 0.25) is 0 Å². The van der Waals surface area contributed by atoms with Gasteiger partial charge >= 0.3 is 0 Å². The summed E-state index contributed by atoms with van der Waals surface area (Å²) in [6, 6.07) is 10.1. The van der Waals surface area contributed by atoms with Crippen LogP contribution in [0.15, 0.2) is 30.3 Å². The van der Waals surface area contributed by atoms with Gasteiger partial charge < -0.3 is 4.90 Å². The monoisotopic (exact) mass is 386 g/mol. The summed E-state index contributed by atoms with van der Waals surface area (Å²) in [6.07, 6.45) is 0.601. The molecule has 1 aliphatic heterocycles. The lowest BCUT2D eigenvalue weighted by Crippen LogP contribution is -2.27. The molecule has 0 N–H and O–H groups in total. The normalized spacial score (nSPS) is 16.8. The predicted molar refractivity (Wildman–Crippen MR) is 104 cm³/mol. The molecule has 28 heavy (non-hydrogen) atoms. The van der Waals surface area contributed by atoms with E-state index in [0.29, 0.717) is 29.4 Å². The predicted octanol–water partition coefficient (Wildman–Crippen LogP) is 3.61. The maximum atomic E-state index is 13.8. The van der Waals surface area contributed by atoms with E-state index < -0.39 is 5.92 Å².